The normalized spacial score (nSPS) is 18.2. The first-order valence-corrected chi connectivity index (χ1v) is 7.99. The van der Waals surface area contributed by atoms with E-state index in [1.807, 2.05) is 32.0 Å². The van der Waals surface area contributed by atoms with Crippen LogP contribution >= 0.6 is 0 Å². The van der Waals surface area contributed by atoms with Crippen molar-refractivity contribution >= 4 is 11.8 Å². The quantitative estimate of drug-likeness (QED) is 0.929. The third-order valence-corrected chi connectivity index (χ3v) is 3.99. The molecule has 1 fully saturated rings. The van der Waals surface area contributed by atoms with Crippen LogP contribution in [0.1, 0.15) is 23.4 Å². The number of ether oxygens (including phenoxy) is 1. The fraction of sp³-hybridized carbons (Fsp3) is 0.471. The molecule has 0 amide bonds. The third-order valence-electron chi connectivity index (χ3n) is 3.99. The van der Waals surface area contributed by atoms with E-state index in [4.69, 9.17) is 10.5 Å². The highest BCUT2D eigenvalue weighted by Crippen LogP contribution is 2.17. The molecule has 0 aliphatic carbocycles. The summed E-state index contributed by atoms with van der Waals surface area (Å²) < 4.78 is 5.90. The molecule has 0 radical (unpaired) electrons. The van der Waals surface area contributed by atoms with E-state index in [-0.39, 0.29) is 6.10 Å². The van der Waals surface area contributed by atoms with Crippen molar-refractivity contribution in [1.82, 2.24) is 15.0 Å². The fourth-order valence-electron chi connectivity index (χ4n) is 2.90. The average molecular weight is 313 g/mol. The standard InChI is InChI=1S/C17H23N5O/c1-12-9-13(2)21-17(20-12)22-7-8-23-15(11-22)4-3-14-5-6-19-16(18)10-14/h5-6,9-10,15H,3-4,7-8,11H2,1-2H3,(H2,18,19)/t15-/m1/s1. The van der Waals surface area contributed by atoms with E-state index < -0.39 is 0 Å². The first kappa shape index (κ1) is 15.7. The Morgan fingerprint density at radius 1 is 1.26 bits per heavy atom. The highest BCUT2D eigenvalue weighted by Gasteiger charge is 2.22. The van der Waals surface area contributed by atoms with Gasteiger partial charge in [-0.2, -0.15) is 0 Å². The van der Waals surface area contributed by atoms with E-state index in [0.29, 0.717) is 12.4 Å². The van der Waals surface area contributed by atoms with Crippen LogP contribution in [0.4, 0.5) is 11.8 Å². The summed E-state index contributed by atoms with van der Waals surface area (Å²) in [5.74, 6) is 1.38. The van der Waals surface area contributed by atoms with E-state index in [0.717, 1.165) is 43.3 Å². The summed E-state index contributed by atoms with van der Waals surface area (Å²) in [5, 5.41) is 0. The van der Waals surface area contributed by atoms with Gasteiger partial charge in [-0.1, -0.05) is 0 Å². The molecule has 2 aromatic rings. The minimum atomic E-state index is 0.183. The van der Waals surface area contributed by atoms with Gasteiger partial charge in [0.25, 0.3) is 0 Å². The largest absolute Gasteiger partial charge is 0.384 e. The Labute approximate surface area is 136 Å². The Bertz CT molecular complexity index is 656. The van der Waals surface area contributed by atoms with E-state index >= 15 is 0 Å². The van der Waals surface area contributed by atoms with Crippen LogP contribution in [0.15, 0.2) is 24.4 Å². The van der Waals surface area contributed by atoms with Crippen molar-refractivity contribution < 1.29 is 4.74 Å². The number of nitrogens with zero attached hydrogens (tertiary/aromatic N) is 4. The van der Waals surface area contributed by atoms with Gasteiger partial charge in [-0.15, -0.1) is 0 Å². The molecule has 1 aliphatic rings. The summed E-state index contributed by atoms with van der Waals surface area (Å²) in [6, 6.07) is 5.92. The van der Waals surface area contributed by atoms with Gasteiger partial charge in [0.1, 0.15) is 5.82 Å². The lowest BCUT2D eigenvalue weighted by Gasteiger charge is -2.33. The van der Waals surface area contributed by atoms with Gasteiger partial charge in [-0.25, -0.2) is 15.0 Å². The van der Waals surface area contributed by atoms with Gasteiger partial charge in [0.05, 0.1) is 12.7 Å². The van der Waals surface area contributed by atoms with Crippen LogP contribution in [0.3, 0.4) is 0 Å². The molecule has 6 heteroatoms. The van der Waals surface area contributed by atoms with Gasteiger partial charge in [-0.3, -0.25) is 0 Å². The van der Waals surface area contributed by atoms with Crippen LogP contribution in [0, 0.1) is 13.8 Å². The summed E-state index contributed by atoms with van der Waals surface area (Å²) in [5.41, 5.74) is 8.93. The Morgan fingerprint density at radius 2 is 2.04 bits per heavy atom. The number of nitrogen functional groups attached to an aromatic ring is 1. The van der Waals surface area contributed by atoms with Gasteiger partial charge < -0.3 is 15.4 Å². The molecule has 2 aromatic heterocycles. The number of hydrogen-bond acceptors (Lipinski definition) is 6. The SMILES string of the molecule is Cc1cc(C)nc(N2CCO[C@H](CCc3ccnc(N)c3)C2)n1. The lowest BCUT2D eigenvalue weighted by molar-refractivity contribution is 0.0349. The third kappa shape index (κ3) is 4.16. The molecule has 3 heterocycles. The lowest BCUT2D eigenvalue weighted by atomic mass is 10.1. The number of nitrogens with two attached hydrogens (primary N) is 1. The first-order chi connectivity index (χ1) is 11.1. The van der Waals surface area contributed by atoms with E-state index in [1.165, 1.54) is 5.56 Å². The number of rotatable bonds is 4. The fourth-order valence-corrected chi connectivity index (χ4v) is 2.90. The highest BCUT2D eigenvalue weighted by molar-refractivity contribution is 5.33. The Kier molecular flexibility index (Phi) is 4.71. The molecule has 6 nitrogen and oxygen atoms in total. The second-order valence-electron chi connectivity index (χ2n) is 6.02. The summed E-state index contributed by atoms with van der Waals surface area (Å²) in [6.07, 6.45) is 3.81. The Hall–Kier alpha value is -2.21. The molecule has 122 valence electrons. The summed E-state index contributed by atoms with van der Waals surface area (Å²) >= 11 is 0. The zero-order valence-electron chi connectivity index (χ0n) is 13.7. The number of anilines is 2. The van der Waals surface area contributed by atoms with Gasteiger partial charge in [-0.05, 0) is 50.5 Å². The number of aryl methyl sites for hydroxylation is 3. The van der Waals surface area contributed by atoms with Crippen LogP contribution in [0.5, 0.6) is 0 Å². The average Bonchev–Trinajstić information content (AvgIpc) is 2.52. The van der Waals surface area contributed by atoms with Crippen molar-refractivity contribution in [2.45, 2.75) is 32.8 Å². The molecule has 0 unspecified atom stereocenters. The van der Waals surface area contributed by atoms with Crippen LogP contribution in [0.2, 0.25) is 0 Å². The lowest BCUT2D eigenvalue weighted by Crippen LogP contribution is -2.43. The predicted molar refractivity (Wildman–Crippen MR) is 90.4 cm³/mol. The summed E-state index contributed by atoms with van der Waals surface area (Å²) in [6.45, 7) is 6.37. The molecule has 1 saturated heterocycles. The number of aromatic nitrogens is 3. The van der Waals surface area contributed by atoms with Crippen molar-refractivity contribution in [3.05, 3.63) is 41.3 Å². The van der Waals surface area contributed by atoms with Crippen LogP contribution in [-0.4, -0.2) is 40.8 Å². The Morgan fingerprint density at radius 3 is 2.78 bits per heavy atom. The topological polar surface area (TPSA) is 77.2 Å². The van der Waals surface area contributed by atoms with Crippen molar-refractivity contribution in [3.8, 4) is 0 Å². The maximum absolute atomic E-state index is 5.90. The van der Waals surface area contributed by atoms with Gasteiger partial charge in [0.15, 0.2) is 0 Å². The molecule has 1 atom stereocenters. The molecule has 2 N–H and O–H groups in total. The minimum Gasteiger partial charge on any atom is -0.384 e. The highest BCUT2D eigenvalue weighted by atomic mass is 16.5. The maximum atomic E-state index is 5.90. The van der Waals surface area contributed by atoms with Crippen LogP contribution < -0.4 is 10.6 Å². The second-order valence-corrected chi connectivity index (χ2v) is 6.02. The van der Waals surface area contributed by atoms with Crippen LogP contribution in [0.25, 0.3) is 0 Å². The molecule has 0 saturated carbocycles. The van der Waals surface area contributed by atoms with Crippen molar-refractivity contribution in [2.75, 3.05) is 30.3 Å². The molecule has 0 aromatic carbocycles. The smallest absolute Gasteiger partial charge is 0.225 e. The van der Waals surface area contributed by atoms with Crippen molar-refractivity contribution in [1.29, 1.82) is 0 Å². The van der Waals surface area contributed by atoms with Crippen molar-refractivity contribution in [2.24, 2.45) is 0 Å². The van der Waals surface area contributed by atoms with E-state index in [1.54, 1.807) is 6.20 Å². The van der Waals surface area contributed by atoms with E-state index in [9.17, 15) is 0 Å². The number of pyridine rings is 1. The maximum Gasteiger partial charge on any atom is 0.225 e. The molecule has 1 aliphatic heterocycles. The molecular weight excluding hydrogens is 290 g/mol. The first-order valence-electron chi connectivity index (χ1n) is 7.99. The second kappa shape index (κ2) is 6.91. The Balaban J connectivity index is 1.61. The zero-order chi connectivity index (χ0) is 16.2. The van der Waals surface area contributed by atoms with Gasteiger partial charge in [0.2, 0.25) is 5.95 Å². The molecule has 23 heavy (non-hydrogen) atoms. The van der Waals surface area contributed by atoms with Crippen LogP contribution in [-0.2, 0) is 11.2 Å². The predicted octanol–water partition coefficient (Wildman–Crippen LogP) is 1.91. The summed E-state index contributed by atoms with van der Waals surface area (Å²) in [7, 11) is 0. The van der Waals surface area contributed by atoms with E-state index in [2.05, 4.69) is 19.9 Å². The molecule has 0 spiro atoms. The summed E-state index contributed by atoms with van der Waals surface area (Å²) in [4.78, 5) is 15.4. The molecular formula is C17H23N5O. The minimum absolute atomic E-state index is 0.183. The number of morpholine rings is 1. The molecule has 0 bridgehead atoms. The number of hydrogen-bond donors (Lipinski definition) is 1. The monoisotopic (exact) mass is 313 g/mol. The van der Waals surface area contributed by atoms with Gasteiger partial charge in [0, 0.05) is 30.7 Å². The van der Waals surface area contributed by atoms with Gasteiger partial charge >= 0.3 is 0 Å². The molecule has 3 rings (SSSR count). The van der Waals surface area contributed by atoms with Crippen molar-refractivity contribution in [3.63, 3.8) is 0 Å². The zero-order valence-corrected chi connectivity index (χ0v) is 13.7.